The number of thioether (sulfide) groups is 1. The topological polar surface area (TPSA) is 38.1 Å². The van der Waals surface area contributed by atoms with Gasteiger partial charge in [-0.05, 0) is 6.07 Å². The number of hydrogen-bond donors (Lipinski definition) is 0. The normalized spacial score (nSPS) is 10.6. The first-order chi connectivity index (χ1) is 9.58. The Bertz CT molecular complexity index is 600. The standard InChI is InChI=1S/C14H16FN3OS/c1-17-8-7-16-14(17)20-10-13(19)18(2)9-11-5-3-4-6-12(11)15/h3-8H,9-10H2,1-2H3. The Labute approximate surface area is 121 Å². The fourth-order valence-corrected chi connectivity index (χ4v) is 2.57. The van der Waals surface area contributed by atoms with Crippen LogP contribution in [0.25, 0.3) is 0 Å². The predicted molar refractivity (Wildman–Crippen MR) is 76.8 cm³/mol. The van der Waals surface area contributed by atoms with Gasteiger partial charge in [-0.15, -0.1) is 0 Å². The molecular weight excluding hydrogens is 277 g/mol. The minimum absolute atomic E-state index is 0.0544. The predicted octanol–water partition coefficient (Wildman–Crippen LogP) is 2.31. The van der Waals surface area contributed by atoms with Crippen molar-refractivity contribution in [2.75, 3.05) is 12.8 Å². The van der Waals surface area contributed by atoms with Gasteiger partial charge < -0.3 is 9.47 Å². The molecule has 2 aromatic rings. The number of benzene rings is 1. The fourth-order valence-electron chi connectivity index (χ4n) is 1.70. The van der Waals surface area contributed by atoms with Crippen molar-refractivity contribution in [2.45, 2.75) is 11.7 Å². The number of imidazole rings is 1. The van der Waals surface area contributed by atoms with E-state index in [1.165, 1.54) is 22.7 Å². The summed E-state index contributed by atoms with van der Waals surface area (Å²) in [5.41, 5.74) is 0.519. The number of halogens is 1. The Balaban J connectivity index is 1.89. The van der Waals surface area contributed by atoms with Gasteiger partial charge in [0.05, 0.1) is 5.75 Å². The van der Waals surface area contributed by atoms with E-state index in [2.05, 4.69) is 4.98 Å². The van der Waals surface area contributed by atoms with Crippen LogP contribution in [0, 0.1) is 5.82 Å². The van der Waals surface area contributed by atoms with Gasteiger partial charge in [0.15, 0.2) is 5.16 Å². The summed E-state index contributed by atoms with van der Waals surface area (Å²) >= 11 is 1.37. The third-order valence-corrected chi connectivity index (χ3v) is 3.94. The van der Waals surface area contributed by atoms with Crippen LogP contribution in [0.2, 0.25) is 0 Å². The zero-order valence-corrected chi connectivity index (χ0v) is 12.2. The number of rotatable bonds is 5. The molecule has 0 saturated heterocycles. The van der Waals surface area contributed by atoms with Crippen molar-refractivity contribution in [3.05, 3.63) is 48.0 Å². The highest BCUT2D eigenvalue weighted by atomic mass is 32.2. The molecule has 6 heteroatoms. The van der Waals surface area contributed by atoms with Crippen LogP contribution in [0.4, 0.5) is 4.39 Å². The average molecular weight is 293 g/mol. The van der Waals surface area contributed by atoms with Gasteiger partial charge in [0.2, 0.25) is 5.91 Å². The van der Waals surface area contributed by atoms with E-state index in [-0.39, 0.29) is 24.0 Å². The maximum Gasteiger partial charge on any atom is 0.233 e. The molecule has 0 fully saturated rings. The summed E-state index contributed by atoms with van der Waals surface area (Å²) in [5.74, 6) is -0.0549. The number of carbonyl (C=O) groups is 1. The molecule has 0 saturated carbocycles. The first-order valence-electron chi connectivity index (χ1n) is 6.15. The van der Waals surface area contributed by atoms with Gasteiger partial charge in [-0.25, -0.2) is 9.37 Å². The lowest BCUT2D eigenvalue weighted by Crippen LogP contribution is -2.28. The van der Waals surface area contributed by atoms with E-state index in [0.29, 0.717) is 5.56 Å². The van der Waals surface area contributed by atoms with Crippen LogP contribution in [0.5, 0.6) is 0 Å². The Morgan fingerprint density at radius 1 is 1.45 bits per heavy atom. The molecule has 0 spiro atoms. The van der Waals surface area contributed by atoms with E-state index in [1.807, 2.05) is 17.8 Å². The van der Waals surface area contributed by atoms with Crippen molar-refractivity contribution in [1.82, 2.24) is 14.5 Å². The molecule has 0 aliphatic carbocycles. The van der Waals surface area contributed by atoms with Crippen molar-refractivity contribution in [3.63, 3.8) is 0 Å². The molecule has 0 unspecified atom stereocenters. The fraction of sp³-hybridized carbons (Fsp3) is 0.286. The van der Waals surface area contributed by atoms with Crippen LogP contribution in [0.15, 0.2) is 41.8 Å². The van der Waals surface area contributed by atoms with E-state index in [4.69, 9.17) is 0 Å². The van der Waals surface area contributed by atoms with E-state index in [0.717, 1.165) is 5.16 Å². The van der Waals surface area contributed by atoms with Crippen LogP contribution in [0.3, 0.4) is 0 Å². The first-order valence-corrected chi connectivity index (χ1v) is 7.14. The molecule has 0 atom stereocenters. The highest BCUT2D eigenvalue weighted by molar-refractivity contribution is 7.99. The van der Waals surface area contributed by atoms with Gasteiger partial charge in [-0.3, -0.25) is 4.79 Å². The highest BCUT2D eigenvalue weighted by Gasteiger charge is 2.13. The lowest BCUT2D eigenvalue weighted by molar-refractivity contribution is -0.127. The molecule has 20 heavy (non-hydrogen) atoms. The van der Waals surface area contributed by atoms with Crippen LogP contribution >= 0.6 is 11.8 Å². The lowest BCUT2D eigenvalue weighted by atomic mass is 10.2. The van der Waals surface area contributed by atoms with Crippen LogP contribution in [-0.2, 0) is 18.4 Å². The number of nitrogens with zero attached hydrogens (tertiary/aromatic N) is 3. The van der Waals surface area contributed by atoms with E-state index < -0.39 is 0 Å². The molecule has 1 heterocycles. The Kier molecular flexibility index (Phi) is 4.79. The third kappa shape index (κ3) is 3.60. The lowest BCUT2D eigenvalue weighted by Gasteiger charge is -2.17. The van der Waals surface area contributed by atoms with Crippen LogP contribution < -0.4 is 0 Å². The summed E-state index contributed by atoms with van der Waals surface area (Å²) in [4.78, 5) is 17.7. The maximum absolute atomic E-state index is 13.5. The van der Waals surface area contributed by atoms with E-state index in [1.54, 1.807) is 31.4 Å². The largest absolute Gasteiger partial charge is 0.341 e. The second kappa shape index (κ2) is 6.56. The molecule has 2 rings (SSSR count). The second-order valence-corrected chi connectivity index (χ2v) is 5.39. The zero-order valence-electron chi connectivity index (χ0n) is 11.4. The SMILES string of the molecule is CN(Cc1ccccc1F)C(=O)CSc1nccn1C. The molecule has 1 amide bonds. The minimum atomic E-state index is -0.288. The summed E-state index contributed by atoms with van der Waals surface area (Å²) in [6.45, 7) is 0.270. The minimum Gasteiger partial charge on any atom is -0.341 e. The van der Waals surface area contributed by atoms with Gasteiger partial charge in [0.1, 0.15) is 5.82 Å². The van der Waals surface area contributed by atoms with Crippen molar-refractivity contribution in [1.29, 1.82) is 0 Å². The Morgan fingerprint density at radius 3 is 2.85 bits per heavy atom. The van der Waals surface area contributed by atoms with Gasteiger partial charge >= 0.3 is 0 Å². The molecule has 1 aromatic carbocycles. The van der Waals surface area contributed by atoms with Crippen molar-refractivity contribution in [3.8, 4) is 0 Å². The molecule has 0 radical (unpaired) electrons. The monoisotopic (exact) mass is 293 g/mol. The van der Waals surface area contributed by atoms with Crippen LogP contribution in [0.1, 0.15) is 5.56 Å². The molecule has 106 valence electrons. The molecule has 0 aliphatic heterocycles. The van der Waals surface area contributed by atoms with E-state index >= 15 is 0 Å². The smallest absolute Gasteiger partial charge is 0.233 e. The second-order valence-electron chi connectivity index (χ2n) is 4.45. The molecule has 0 N–H and O–H groups in total. The number of amides is 1. The van der Waals surface area contributed by atoms with Crippen LogP contribution in [-0.4, -0.2) is 33.2 Å². The summed E-state index contributed by atoms with van der Waals surface area (Å²) in [5, 5.41) is 0.789. The molecule has 4 nitrogen and oxygen atoms in total. The Morgan fingerprint density at radius 2 is 2.20 bits per heavy atom. The van der Waals surface area contributed by atoms with Gasteiger partial charge in [0.25, 0.3) is 0 Å². The van der Waals surface area contributed by atoms with Crippen molar-refractivity contribution < 1.29 is 9.18 Å². The molecular formula is C14H16FN3OS. The maximum atomic E-state index is 13.5. The third-order valence-electron chi connectivity index (χ3n) is 2.89. The molecule has 0 bridgehead atoms. The van der Waals surface area contributed by atoms with Gasteiger partial charge in [-0.2, -0.15) is 0 Å². The average Bonchev–Trinajstić information content (AvgIpc) is 2.84. The Hall–Kier alpha value is -1.82. The summed E-state index contributed by atoms with van der Waals surface area (Å²) in [6, 6.07) is 6.48. The number of carbonyl (C=O) groups excluding carboxylic acids is 1. The highest BCUT2D eigenvalue weighted by Crippen LogP contribution is 2.16. The van der Waals surface area contributed by atoms with Crippen molar-refractivity contribution in [2.24, 2.45) is 7.05 Å². The summed E-state index contributed by atoms with van der Waals surface area (Å²) in [7, 11) is 3.55. The first kappa shape index (κ1) is 14.6. The van der Waals surface area contributed by atoms with Gasteiger partial charge in [0, 0.05) is 38.6 Å². The zero-order chi connectivity index (χ0) is 14.5. The number of hydrogen-bond acceptors (Lipinski definition) is 3. The van der Waals surface area contributed by atoms with Crippen molar-refractivity contribution >= 4 is 17.7 Å². The quantitative estimate of drug-likeness (QED) is 0.794. The molecule has 1 aromatic heterocycles. The number of aromatic nitrogens is 2. The number of aryl methyl sites for hydroxylation is 1. The van der Waals surface area contributed by atoms with Gasteiger partial charge in [-0.1, -0.05) is 30.0 Å². The van der Waals surface area contributed by atoms with E-state index in [9.17, 15) is 9.18 Å². The molecule has 0 aliphatic rings. The summed E-state index contributed by atoms with van der Waals surface area (Å²) < 4.78 is 15.4. The summed E-state index contributed by atoms with van der Waals surface area (Å²) in [6.07, 6.45) is 3.52.